The number of Topliss-reactive ketones (excluding diaryl/α,β-unsaturated/α-hetero) is 1. The fourth-order valence-corrected chi connectivity index (χ4v) is 1.30. The molecule has 0 unspecified atom stereocenters. The molecule has 2 nitrogen and oxygen atoms in total. The molecule has 0 aromatic carbocycles. The molecule has 0 aromatic heterocycles. The lowest BCUT2D eigenvalue weighted by Gasteiger charge is -2.20. The Morgan fingerprint density at radius 3 is 2.38 bits per heavy atom. The van der Waals surface area contributed by atoms with Gasteiger partial charge in [0, 0.05) is 17.4 Å². The van der Waals surface area contributed by atoms with E-state index in [0.717, 1.165) is 11.5 Å². The molecule has 3 heteroatoms. The van der Waals surface area contributed by atoms with Crippen molar-refractivity contribution in [2.24, 2.45) is 5.92 Å². The first-order chi connectivity index (χ1) is 3.84. The van der Waals surface area contributed by atoms with Crippen molar-refractivity contribution in [3.8, 4) is 0 Å². The quantitative estimate of drug-likeness (QED) is 0.393. The van der Waals surface area contributed by atoms with E-state index in [-0.39, 0.29) is 11.7 Å². The molecular weight excluding hydrogens is 124 g/mol. The van der Waals surface area contributed by atoms with Gasteiger partial charge in [0.05, 0.1) is 0 Å². The van der Waals surface area contributed by atoms with Crippen LogP contribution in [0, 0.1) is 5.92 Å². The van der Waals surface area contributed by atoms with Crippen LogP contribution >= 0.6 is 11.8 Å². The van der Waals surface area contributed by atoms with Gasteiger partial charge in [-0.05, 0) is 0 Å². The van der Waals surface area contributed by atoms with E-state index < -0.39 is 0 Å². The van der Waals surface area contributed by atoms with Gasteiger partial charge in [-0.2, -0.15) is 11.8 Å². The molecule has 0 saturated carbocycles. The van der Waals surface area contributed by atoms with Gasteiger partial charge < -0.3 is 0 Å². The van der Waals surface area contributed by atoms with E-state index in [1.54, 1.807) is 11.8 Å². The van der Waals surface area contributed by atoms with Crippen molar-refractivity contribution >= 4 is 23.8 Å². The largest absolute Gasteiger partial charge is 0.295 e. The fourth-order valence-electron chi connectivity index (χ4n) is 0.496. The highest BCUT2D eigenvalue weighted by molar-refractivity contribution is 8.00. The molecule has 44 valence electrons. The van der Waals surface area contributed by atoms with Gasteiger partial charge in [-0.25, -0.2) is 0 Å². The molecule has 0 aromatic rings. The number of carbonyl (C=O) groups is 2. The van der Waals surface area contributed by atoms with Crippen molar-refractivity contribution < 1.29 is 9.59 Å². The maximum absolute atomic E-state index is 10.4. The summed E-state index contributed by atoms with van der Waals surface area (Å²) in [5.74, 6) is 1.51. The average molecular weight is 130 g/mol. The van der Waals surface area contributed by atoms with Crippen LogP contribution in [0.15, 0.2) is 0 Å². The van der Waals surface area contributed by atoms with E-state index in [4.69, 9.17) is 0 Å². The van der Waals surface area contributed by atoms with Crippen molar-refractivity contribution in [3.63, 3.8) is 0 Å². The zero-order valence-corrected chi connectivity index (χ0v) is 5.11. The van der Waals surface area contributed by atoms with E-state index in [1.165, 1.54) is 0 Å². The Morgan fingerprint density at radius 2 is 2.25 bits per heavy atom. The number of ketones is 1. The molecule has 1 aliphatic heterocycles. The lowest BCUT2D eigenvalue weighted by atomic mass is 10.1. The molecule has 1 rings (SSSR count). The van der Waals surface area contributed by atoms with Crippen LogP contribution in [0.4, 0.5) is 0 Å². The monoisotopic (exact) mass is 130 g/mol. The predicted octanol–water partition coefficient (Wildman–Crippen LogP) is 0.117. The maximum Gasteiger partial charge on any atom is 0.199 e. The van der Waals surface area contributed by atoms with Crippen LogP contribution in [0.3, 0.4) is 0 Å². The van der Waals surface area contributed by atoms with Crippen molar-refractivity contribution in [1.82, 2.24) is 0 Å². The summed E-state index contributed by atoms with van der Waals surface area (Å²) in [6, 6.07) is 0. The Morgan fingerprint density at radius 1 is 1.62 bits per heavy atom. The molecule has 1 heterocycles. The third-order valence-corrected chi connectivity index (χ3v) is 2.43. The predicted molar refractivity (Wildman–Crippen MR) is 31.9 cm³/mol. The van der Waals surface area contributed by atoms with E-state index >= 15 is 0 Å². The summed E-state index contributed by atoms with van der Waals surface area (Å²) in [6.45, 7) is 0. The molecule has 1 aliphatic rings. The van der Waals surface area contributed by atoms with Gasteiger partial charge in [0.25, 0.3) is 0 Å². The molecule has 1 saturated heterocycles. The lowest BCUT2D eigenvalue weighted by Crippen LogP contribution is -2.28. The first-order valence-electron chi connectivity index (χ1n) is 2.41. The summed E-state index contributed by atoms with van der Waals surface area (Å²) in [4.78, 5) is 20.2. The molecular formula is C5H6O2S. The van der Waals surface area contributed by atoms with Gasteiger partial charge in [-0.15, -0.1) is 0 Å². The summed E-state index contributed by atoms with van der Waals surface area (Å²) in [7, 11) is 0. The van der Waals surface area contributed by atoms with Crippen LogP contribution in [0.5, 0.6) is 0 Å². The Labute approximate surface area is 51.6 Å². The van der Waals surface area contributed by atoms with Gasteiger partial charge >= 0.3 is 0 Å². The highest BCUT2D eigenvalue weighted by atomic mass is 32.2. The third-order valence-electron chi connectivity index (χ3n) is 1.16. The molecule has 0 aliphatic carbocycles. The van der Waals surface area contributed by atoms with Crippen LogP contribution < -0.4 is 0 Å². The third kappa shape index (κ3) is 0.916. The molecule has 8 heavy (non-hydrogen) atoms. The van der Waals surface area contributed by atoms with Gasteiger partial charge in [0.2, 0.25) is 0 Å². The average Bonchev–Trinajstić information content (AvgIpc) is 1.62. The van der Waals surface area contributed by atoms with Crippen LogP contribution in [-0.4, -0.2) is 23.6 Å². The number of hydrogen-bond acceptors (Lipinski definition) is 3. The van der Waals surface area contributed by atoms with Gasteiger partial charge in [-0.3, -0.25) is 9.59 Å². The fraction of sp³-hybridized carbons (Fsp3) is 0.600. The minimum Gasteiger partial charge on any atom is -0.295 e. The molecule has 0 spiro atoms. The zero-order chi connectivity index (χ0) is 5.98. The topological polar surface area (TPSA) is 34.1 Å². The van der Waals surface area contributed by atoms with Gasteiger partial charge in [-0.1, -0.05) is 0 Å². The minimum absolute atomic E-state index is 0.0532. The summed E-state index contributed by atoms with van der Waals surface area (Å²) in [6.07, 6.45) is 0.421. The molecule has 0 atom stereocenters. The highest BCUT2D eigenvalue weighted by Gasteiger charge is 2.24. The summed E-state index contributed by atoms with van der Waals surface area (Å²) in [5.41, 5.74) is 0. The van der Waals surface area contributed by atoms with Crippen LogP contribution in [0.25, 0.3) is 0 Å². The number of thioether (sulfide) groups is 1. The number of carbonyl (C=O) groups excluding carboxylic acids is 2. The zero-order valence-electron chi connectivity index (χ0n) is 4.29. The first kappa shape index (κ1) is 5.82. The van der Waals surface area contributed by atoms with Crippen molar-refractivity contribution in [1.29, 1.82) is 0 Å². The van der Waals surface area contributed by atoms with Crippen LogP contribution in [0.1, 0.15) is 0 Å². The minimum atomic E-state index is -0.233. The molecule has 0 amide bonds. The number of hydrogen-bond donors (Lipinski definition) is 0. The first-order valence-corrected chi connectivity index (χ1v) is 3.57. The van der Waals surface area contributed by atoms with Crippen molar-refractivity contribution in [2.45, 2.75) is 0 Å². The van der Waals surface area contributed by atoms with E-state index in [2.05, 4.69) is 0 Å². The van der Waals surface area contributed by atoms with Crippen LogP contribution in [0.2, 0.25) is 0 Å². The Balaban J connectivity index is 2.34. The molecule has 0 radical (unpaired) electrons. The SMILES string of the molecule is O=CC(=O)C1CSC1. The molecule has 1 fully saturated rings. The maximum atomic E-state index is 10.4. The second-order valence-electron chi connectivity index (χ2n) is 1.75. The Bertz CT molecular complexity index is 118. The number of rotatable bonds is 2. The smallest absolute Gasteiger partial charge is 0.199 e. The van der Waals surface area contributed by atoms with E-state index in [9.17, 15) is 9.59 Å². The summed E-state index contributed by atoms with van der Waals surface area (Å²) in [5, 5.41) is 0. The summed E-state index contributed by atoms with van der Waals surface area (Å²) < 4.78 is 0. The second kappa shape index (κ2) is 2.31. The van der Waals surface area contributed by atoms with E-state index in [0.29, 0.717) is 6.29 Å². The lowest BCUT2D eigenvalue weighted by molar-refractivity contribution is -0.131. The van der Waals surface area contributed by atoms with Crippen molar-refractivity contribution in [3.05, 3.63) is 0 Å². The Hall–Kier alpha value is -0.310. The molecule has 0 N–H and O–H groups in total. The van der Waals surface area contributed by atoms with Crippen LogP contribution in [-0.2, 0) is 9.59 Å². The highest BCUT2D eigenvalue weighted by Crippen LogP contribution is 2.24. The Kier molecular flexibility index (Phi) is 1.68. The van der Waals surface area contributed by atoms with Crippen molar-refractivity contribution in [2.75, 3.05) is 11.5 Å². The van der Waals surface area contributed by atoms with Gasteiger partial charge in [0.1, 0.15) is 0 Å². The summed E-state index contributed by atoms with van der Waals surface area (Å²) >= 11 is 1.71. The molecule has 0 bridgehead atoms. The normalized spacial score (nSPS) is 19.5. The second-order valence-corrected chi connectivity index (χ2v) is 2.83. The standard InChI is InChI=1S/C5H6O2S/c6-1-5(7)4-2-8-3-4/h1,4H,2-3H2. The number of aldehydes is 1. The van der Waals surface area contributed by atoms with Gasteiger partial charge in [0.15, 0.2) is 12.1 Å². The van der Waals surface area contributed by atoms with E-state index in [1.807, 2.05) is 0 Å².